The summed E-state index contributed by atoms with van der Waals surface area (Å²) in [5.74, 6) is 0.939. The molecule has 6 heteroatoms. The smallest absolute Gasteiger partial charge is 0.255 e. The fraction of sp³-hybridized carbons (Fsp3) is 0.391. The summed E-state index contributed by atoms with van der Waals surface area (Å²) in [5, 5.41) is 5.69. The third-order valence-electron chi connectivity index (χ3n) is 4.52. The zero-order valence-electron chi connectivity index (χ0n) is 17.6. The standard InChI is InChI=1S/C23H30N2O4/c1-5-7-8-22(26)25-20-14-11-18(15-21(20)28-4)24-23(27)17-9-12-19(13-10-17)29-16(3)6-2/h9-16H,5-8H2,1-4H3,(H,24,27)(H,25,26)/t16-/m0/s1. The normalized spacial score (nSPS) is 11.4. The molecule has 0 radical (unpaired) electrons. The number of benzene rings is 2. The van der Waals surface area contributed by atoms with Crippen LogP contribution in [0.15, 0.2) is 42.5 Å². The van der Waals surface area contributed by atoms with Gasteiger partial charge in [-0.1, -0.05) is 20.3 Å². The van der Waals surface area contributed by atoms with Gasteiger partial charge in [0.15, 0.2) is 0 Å². The molecular formula is C23H30N2O4. The van der Waals surface area contributed by atoms with Crippen LogP contribution in [-0.2, 0) is 4.79 Å². The Bertz CT molecular complexity index is 818. The molecule has 2 aromatic carbocycles. The van der Waals surface area contributed by atoms with E-state index < -0.39 is 0 Å². The van der Waals surface area contributed by atoms with E-state index in [4.69, 9.17) is 9.47 Å². The molecule has 0 bridgehead atoms. The zero-order valence-corrected chi connectivity index (χ0v) is 17.6. The molecule has 0 aliphatic carbocycles. The topological polar surface area (TPSA) is 76.7 Å². The number of methoxy groups -OCH3 is 1. The van der Waals surface area contributed by atoms with E-state index in [-0.39, 0.29) is 17.9 Å². The quantitative estimate of drug-likeness (QED) is 0.573. The minimum absolute atomic E-state index is 0.0540. The van der Waals surface area contributed by atoms with Crippen LogP contribution in [0.4, 0.5) is 11.4 Å². The molecule has 1 atom stereocenters. The number of hydrogen-bond acceptors (Lipinski definition) is 4. The van der Waals surface area contributed by atoms with E-state index in [2.05, 4.69) is 17.6 Å². The lowest BCUT2D eigenvalue weighted by Gasteiger charge is -2.14. The van der Waals surface area contributed by atoms with Gasteiger partial charge in [-0.05, 0) is 56.2 Å². The average molecular weight is 399 g/mol. The van der Waals surface area contributed by atoms with Crippen molar-refractivity contribution in [2.24, 2.45) is 0 Å². The van der Waals surface area contributed by atoms with Crippen molar-refractivity contribution in [3.63, 3.8) is 0 Å². The van der Waals surface area contributed by atoms with Crippen LogP contribution < -0.4 is 20.1 Å². The predicted molar refractivity (Wildman–Crippen MR) is 116 cm³/mol. The number of rotatable bonds is 10. The van der Waals surface area contributed by atoms with E-state index in [9.17, 15) is 9.59 Å². The highest BCUT2D eigenvalue weighted by molar-refractivity contribution is 6.04. The summed E-state index contributed by atoms with van der Waals surface area (Å²) < 4.78 is 11.1. The van der Waals surface area contributed by atoms with Crippen molar-refractivity contribution in [2.75, 3.05) is 17.7 Å². The number of hydrogen-bond donors (Lipinski definition) is 2. The molecular weight excluding hydrogens is 368 g/mol. The van der Waals surface area contributed by atoms with Gasteiger partial charge in [-0.3, -0.25) is 9.59 Å². The zero-order chi connectivity index (χ0) is 21.2. The number of ether oxygens (including phenoxy) is 2. The van der Waals surface area contributed by atoms with Crippen LogP contribution in [0.25, 0.3) is 0 Å². The van der Waals surface area contributed by atoms with Gasteiger partial charge in [0.1, 0.15) is 11.5 Å². The van der Waals surface area contributed by atoms with Crippen molar-refractivity contribution in [1.29, 1.82) is 0 Å². The largest absolute Gasteiger partial charge is 0.494 e. The van der Waals surface area contributed by atoms with Crippen LogP contribution >= 0.6 is 0 Å². The Kier molecular flexibility index (Phi) is 8.52. The highest BCUT2D eigenvalue weighted by atomic mass is 16.5. The van der Waals surface area contributed by atoms with Crippen molar-refractivity contribution in [3.8, 4) is 11.5 Å². The minimum Gasteiger partial charge on any atom is -0.494 e. The molecule has 2 aromatic rings. The summed E-state index contributed by atoms with van der Waals surface area (Å²) in [6, 6.07) is 12.2. The number of unbranched alkanes of at least 4 members (excludes halogenated alkanes) is 1. The molecule has 0 heterocycles. The number of nitrogens with one attached hydrogen (secondary N) is 2. The molecule has 0 fully saturated rings. The Hall–Kier alpha value is -3.02. The Morgan fingerprint density at radius 2 is 1.76 bits per heavy atom. The monoisotopic (exact) mass is 398 g/mol. The van der Waals surface area contributed by atoms with E-state index in [1.165, 1.54) is 7.11 Å². The summed E-state index contributed by atoms with van der Waals surface area (Å²) in [5.41, 5.74) is 1.69. The molecule has 0 saturated carbocycles. The van der Waals surface area contributed by atoms with Gasteiger partial charge < -0.3 is 20.1 Å². The SMILES string of the molecule is CCCCC(=O)Nc1ccc(NC(=O)c2ccc(O[C@@H](C)CC)cc2)cc1OC. The molecule has 29 heavy (non-hydrogen) atoms. The van der Waals surface area contributed by atoms with Crippen LogP contribution in [-0.4, -0.2) is 25.0 Å². The van der Waals surface area contributed by atoms with Crippen LogP contribution in [0.1, 0.15) is 56.8 Å². The molecule has 0 saturated heterocycles. The Balaban J connectivity index is 2.03. The van der Waals surface area contributed by atoms with Gasteiger partial charge in [0.05, 0.1) is 18.9 Å². The maximum absolute atomic E-state index is 12.5. The van der Waals surface area contributed by atoms with Crippen LogP contribution in [0.3, 0.4) is 0 Å². The molecule has 0 unspecified atom stereocenters. The van der Waals surface area contributed by atoms with Crippen LogP contribution in [0.2, 0.25) is 0 Å². The van der Waals surface area contributed by atoms with Gasteiger partial charge in [0.25, 0.3) is 5.91 Å². The Labute approximate surface area is 172 Å². The van der Waals surface area contributed by atoms with E-state index in [0.717, 1.165) is 25.0 Å². The van der Waals surface area contributed by atoms with Crippen molar-refractivity contribution >= 4 is 23.2 Å². The molecule has 0 aliphatic rings. The van der Waals surface area contributed by atoms with Crippen LogP contribution in [0.5, 0.6) is 11.5 Å². The van der Waals surface area contributed by atoms with E-state index in [1.54, 1.807) is 42.5 Å². The van der Waals surface area contributed by atoms with Gasteiger partial charge in [-0.25, -0.2) is 0 Å². The van der Waals surface area contributed by atoms with Crippen LogP contribution in [0, 0.1) is 0 Å². The lowest BCUT2D eigenvalue weighted by molar-refractivity contribution is -0.116. The second-order valence-corrected chi connectivity index (χ2v) is 6.88. The third kappa shape index (κ3) is 6.82. The molecule has 6 nitrogen and oxygen atoms in total. The van der Waals surface area contributed by atoms with Gasteiger partial charge >= 0.3 is 0 Å². The fourth-order valence-electron chi connectivity index (χ4n) is 2.63. The van der Waals surface area contributed by atoms with Crippen molar-refractivity contribution in [3.05, 3.63) is 48.0 Å². The van der Waals surface area contributed by atoms with Crippen molar-refractivity contribution < 1.29 is 19.1 Å². The molecule has 0 spiro atoms. The first-order chi connectivity index (χ1) is 14.0. The van der Waals surface area contributed by atoms with Gasteiger partial charge in [-0.15, -0.1) is 0 Å². The highest BCUT2D eigenvalue weighted by Crippen LogP contribution is 2.28. The van der Waals surface area contributed by atoms with Gasteiger partial charge in [0, 0.05) is 23.7 Å². The van der Waals surface area contributed by atoms with Gasteiger partial charge in [-0.2, -0.15) is 0 Å². The first kappa shape index (κ1) is 22.3. The predicted octanol–water partition coefficient (Wildman–Crippen LogP) is 5.25. The number of amides is 2. The average Bonchev–Trinajstić information content (AvgIpc) is 2.73. The molecule has 2 rings (SSSR count). The Morgan fingerprint density at radius 3 is 2.38 bits per heavy atom. The first-order valence-corrected chi connectivity index (χ1v) is 10.0. The molecule has 0 aliphatic heterocycles. The summed E-state index contributed by atoms with van der Waals surface area (Å²) in [6.07, 6.45) is 3.31. The third-order valence-corrected chi connectivity index (χ3v) is 4.52. The second-order valence-electron chi connectivity index (χ2n) is 6.88. The highest BCUT2D eigenvalue weighted by Gasteiger charge is 2.11. The van der Waals surface area contributed by atoms with E-state index in [0.29, 0.717) is 29.1 Å². The lowest BCUT2D eigenvalue weighted by atomic mass is 10.2. The van der Waals surface area contributed by atoms with Gasteiger partial charge in [0.2, 0.25) is 5.91 Å². The maximum Gasteiger partial charge on any atom is 0.255 e. The van der Waals surface area contributed by atoms with Crippen molar-refractivity contribution in [1.82, 2.24) is 0 Å². The molecule has 2 N–H and O–H groups in total. The lowest BCUT2D eigenvalue weighted by Crippen LogP contribution is -2.14. The fourth-order valence-corrected chi connectivity index (χ4v) is 2.63. The number of carbonyl (C=O) groups excluding carboxylic acids is 2. The molecule has 0 aromatic heterocycles. The summed E-state index contributed by atoms with van der Waals surface area (Å²) in [7, 11) is 1.53. The maximum atomic E-state index is 12.5. The summed E-state index contributed by atoms with van der Waals surface area (Å²) in [4.78, 5) is 24.5. The first-order valence-electron chi connectivity index (χ1n) is 10.0. The molecule has 2 amide bonds. The van der Waals surface area contributed by atoms with E-state index >= 15 is 0 Å². The minimum atomic E-state index is -0.234. The summed E-state index contributed by atoms with van der Waals surface area (Å²) >= 11 is 0. The van der Waals surface area contributed by atoms with Crippen molar-refractivity contribution in [2.45, 2.75) is 52.6 Å². The Morgan fingerprint density at radius 1 is 1.03 bits per heavy atom. The summed E-state index contributed by atoms with van der Waals surface area (Å²) in [6.45, 7) is 6.10. The second kappa shape index (κ2) is 11.1. The number of carbonyl (C=O) groups is 2. The van der Waals surface area contributed by atoms with E-state index in [1.807, 2.05) is 13.8 Å². The number of anilines is 2. The molecule has 156 valence electrons.